The van der Waals surface area contributed by atoms with Crippen molar-refractivity contribution in [2.24, 2.45) is 0 Å². The SMILES string of the molecule is COCCOCC(=O)Nc1sccc1C#N. The van der Waals surface area contributed by atoms with E-state index in [2.05, 4.69) is 5.32 Å². The summed E-state index contributed by atoms with van der Waals surface area (Å²) in [5.41, 5.74) is 0.468. The lowest BCUT2D eigenvalue weighted by Crippen LogP contribution is -2.19. The van der Waals surface area contributed by atoms with Gasteiger partial charge in [-0.1, -0.05) is 0 Å². The van der Waals surface area contributed by atoms with E-state index in [1.165, 1.54) is 11.3 Å². The molecule has 0 aliphatic rings. The van der Waals surface area contributed by atoms with Gasteiger partial charge >= 0.3 is 0 Å². The first kappa shape index (κ1) is 12.6. The topological polar surface area (TPSA) is 71.3 Å². The lowest BCUT2D eigenvalue weighted by molar-refractivity contribution is -0.121. The first-order valence-electron chi connectivity index (χ1n) is 4.62. The Hall–Kier alpha value is -1.42. The number of carbonyl (C=O) groups excluding carboxylic acids is 1. The number of nitrogens with one attached hydrogen (secondary N) is 1. The van der Waals surface area contributed by atoms with Gasteiger partial charge < -0.3 is 14.8 Å². The second kappa shape index (κ2) is 6.95. The molecule has 5 nitrogen and oxygen atoms in total. The van der Waals surface area contributed by atoms with Crippen LogP contribution in [-0.4, -0.2) is 32.8 Å². The molecule has 0 saturated heterocycles. The van der Waals surface area contributed by atoms with E-state index in [1.54, 1.807) is 18.6 Å². The molecule has 0 atom stereocenters. The molecule has 0 fully saturated rings. The fraction of sp³-hybridized carbons (Fsp3) is 0.400. The van der Waals surface area contributed by atoms with Gasteiger partial charge in [0.25, 0.3) is 5.91 Å². The Morgan fingerprint density at radius 1 is 1.62 bits per heavy atom. The maximum absolute atomic E-state index is 11.4. The van der Waals surface area contributed by atoms with E-state index in [0.717, 1.165) is 0 Å². The molecule has 1 aromatic heterocycles. The number of rotatable bonds is 6. The maximum atomic E-state index is 11.4. The van der Waals surface area contributed by atoms with Gasteiger partial charge in [-0.15, -0.1) is 11.3 Å². The zero-order valence-corrected chi connectivity index (χ0v) is 9.67. The highest BCUT2D eigenvalue weighted by atomic mass is 32.1. The fourth-order valence-corrected chi connectivity index (χ4v) is 1.72. The molecule has 86 valence electrons. The van der Waals surface area contributed by atoms with Crippen LogP contribution in [0.3, 0.4) is 0 Å². The second-order valence-corrected chi connectivity index (χ2v) is 3.78. The number of hydrogen-bond donors (Lipinski definition) is 1. The summed E-state index contributed by atoms with van der Waals surface area (Å²) in [5, 5.41) is 13.6. The van der Waals surface area contributed by atoms with Crippen LogP contribution in [0.25, 0.3) is 0 Å². The van der Waals surface area contributed by atoms with Gasteiger partial charge in [0.1, 0.15) is 17.7 Å². The highest BCUT2D eigenvalue weighted by Gasteiger charge is 2.07. The molecule has 1 N–H and O–H groups in total. The average molecular weight is 240 g/mol. The molecular formula is C10H12N2O3S. The Bertz CT molecular complexity index is 384. The van der Waals surface area contributed by atoms with Gasteiger partial charge in [0.05, 0.1) is 18.8 Å². The largest absolute Gasteiger partial charge is 0.382 e. The van der Waals surface area contributed by atoms with Crippen molar-refractivity contribution in [3.8, 4) is 6.07 Å². The number of amides is 1. The molecule has 0 spiro atoms. The van der Waals surface area contributed by atoms with Gasteiger partial charge in [-0.2, -0.15) is 5.26 Å². The third-order valence-electron chi connectivity index (χ3n) is 1.70. The minimum atomic E-state index is -0.268. The van der Waals surface area contributed by atoms with Crippen molar-refractivity contribution in [1.82, 2.24) is 0 Å². The van der Waals surface area contributed by atoms with Crippen molar-refractivity contribution in [3.05, 3.63) is 17.0 Å². The summed E-state index contributed by atoms with van der Waals surface area (Å²) in [4.78, 5) is 11.4. The highest BCUT2D eigenvalue weighted by Crippen LogP contribution is 2.21. The monoisotopic (exact) mass is 240 g/mol. The van der Waals surface area contributed by atoms with Crippen molar-refractivity contribution in [2.45, 2.75) is 0 Å². The van der Waals surface area contributed by atoms with Crippen molar-refractivity contribution >= 4 is 22.2 Å². The Kier molecular flexibility index (Phi) is 5.50. The van der Waals surface area contributed by atoms with Crippen molar-refractivity contribution in [1.29, 1.82) is 5.26 Å². The van der Waals surface area contributed by atoms with Crippen molar-refractivity contribution < 1.29 is 14.3 Å². The summed E-state index contributed by atoms with van der Waals surface area (Å²) in [6.07, 6.45) is 0. The Morgan fingerprint density at radius 2 is 2.44 bits per heavy atom. The van der Waals surface area contributed by atoms with Crippen LogP contribution in [0.5, 0.6) is 0 Å². The molecule has 0 aromatic carbocycles. The number of nitrogens with zero attached hydrogens (tertiary/aromatic N) is 1. The summed E-state index contributed by atoms with van der Waals surface area (Å²) in [7, 11) is 1.56. The van der Waals surface area contributed by atoms with Crippen LogP contribution in [0, 0.1) is 11.3 Å². The highest BCUT2D eigenvalue weighted by molar-refractivity contribution is 7.14. The molecule has 16 heavy (non-hydrogen) atoms. The van der Waals surface area contributed by atoms with Crippen LogP contribution in [0.2, 0.25) is 0 Å². The molecule has 1 amide bonds. The number of ether oxygens (including phenoxy) is 2. The number of hydrogen-bond acceptors (Lipinski definition) is 5. The van der Waals surface area contributed by atoms with Crippen LogP contribution >= 0.6 is 11.3 Å². The zero-order chi connectivity index (χ0) is 11.8. The zero-order valence-electron chi connectivity index (χ0n) is 8.86. The van der Waals surface area contributed by atoms with Crippen LogP contribution in [0.1, 0.15) is 5.56 Å². The Morgan fingerprint density at radius 3 is 3.12 bits per heavy atom. The minimum Gasteiger partial charge on any atom is -0.382 e. The summed E-state index contributed by atoms with van der Waals surface area (Å²) < 4.78 is 9.81. The molecule has 0 aliphatic heterocycles. The van der Waals surface area contributed by atoms with E-state index in [4.69, 9.17) is 14.7 Å². The minimum absolute atomic E-state index is 0.0356. The standard InChI is InChI=1S/C10H12N2O3S/c1-14-3-4-15-7-9(13)12-10-8(6-11)2-5-16-10/h2,5H,3-4,7H2,1H3,(H,12,13). The molecular weight excluding hydrogens is 228 g/mol. The molecule has 1 heterocycles. The lowest BCUT2D eigenvalue weighted by Gasteiger charge is -2.04. The van der Waals surface area contributed by atoms with E-state index in [1.807, 2.05) is 6.07 Å². The fourth-order valence-electron chi connectivity index (χ4n) is 0.964. The van der Waals surface area contributed by atoms with E-state index in [-0.39, 0.29) is 12.5 Å². The second-order valence-electron chi connectivity index (χ2n) is 2.87. The normalized spacial score (nSPS) is 9.75. The third-order valence-corrected chi connectivity index (χ3v) is 2.53. The molecule has 0 saturated carbocycles. The van der Waals surface area contributed by atoms with E-state index in [9.17, 15) is 4.79 Å². The van der Waals surface area contributed by atoms with Gasteiger partial charge in [0, 0.05) is 7.11 Å². The van der Waals surface area contributed by atoms with E-state index >= 15 is 0 Å². The first-order valence-corrected chi connectivity index (χ1v) is 5.50. The molecule has 0 radical (unpaired) electrons. The third kappa shape index (κ3) is 3.98. The van der Waals surface area contributed by atoms with Crippen molar-refractivity contribution in [3.63, 3.8) is 0 Å². The van der Waals surface area contributed by atoms with Crippen molar-refractivity contribution in [2.75, 3.05) is 32.2 Å². The number of nitriles is 1. The number of carbonyl (C=O) groups is 1. The molecule has 6 heteroatoms. The van der Waals surface area contributed by atoms with Crippen LogP contribution in [0.15, 0.2) is 11.4 Å². The smallest absolute Gasteiger partial charge is 0.251 e. The summed E-state index contributed by atoms with van der Waals surface area (Å²) >= 11 is 1.31. The van der Waals surface area contributed by atoms with Crippen LogP contribution in [-0.2, 0) is 14.3 Å². The van der Waals surface area contributed by atoms with Gasteiger partial charge in [-0.3, -0.25) is 4.79 Å². The van der Waals surface area contributed by atoms with Gasteiger partial charge in [0.15, 0.2) is 0 Å². The maximum Gasteiger partial charge on any atom is 0.251 e. The first-order chi connectivity index (χ1) is 7.77. The van der Waals surface area contributed by atoms with Gasteiger partial charge in [-0.05, 0) is 11.4 Å². The van der Waals surface area contributed by atoms with Gasteiger partial charge in [0.2, 0.25) is 0 Å². The van der Waals surface area contributed by atoms with Gasteiger partial charge in [-0.25, -0.2) is 0 Å². The molecule has 1 aromatic rings. The van der Waals surface area contributed by atoms with E-state index < -0.39 is 0 Å². The molecule has 0 bridgehead atoms. The number of thiophene rings is 1. The van der Waals surface area contributed by atoms with Crippen LogP contribution in [0.4, 0.5) is 5.00 Å². The number of anilines is 1. The number of methoxy groups -OCH3 is 1. The Balaban J connectivity index is 2.32. The average Bonchev–Trinajstić information content (AvgIpc) is 2.71. The summed E-state index contributed by atoms with van der Waals surface area (Å²) in [6, 6.07) is 3.65. The summed E-state index contributed by atoms with van der Waals surface area (Å²) in [5.74, 6) is -0.268. The quantitative estimate of drug-likeness (QED) is 0.759. The lowest BCUT2D eigenvalue weighted by atomic mass is 10.3. The molecule has 0 unspecified atom stereocenters. The molecule has 1 rings (SSSR count). The van der Waals surface area contributed by atoms with Crippen LogP contribution < -0.4 is 5.32 Å². The predicted molar refractivity (Wildman–Crippen MR) is 60.4 cm³/mol. The predicted octanol–water partition coefficient (Wildman–Crippen LogP) is 1.22. The summed E-state index contributed by atoms with van der Waals surface area (Å²) in [6.45, 7) is 0.793. The Labute approximate surface area is 97.6 Å². The van der Waals surface area contributed by atoms with E-state index in [0.29, 0.717) is 23.8 Å². The molecule has 0 aliphatic carbocycles.